The summed E-state index contributed by atoms with van der Waals surface area (Å²) < 4.78 is 14.7. The molecule has 0 fully saturated rings. The highest BCUT2D eigenvalue weighted by atomic mass is 19.1. The molecular weight excluding hydrogens is 559 g/mol. The second-order valence-corrected chi connectivity index (χ2v) is 12.0. The Labute approximate surface area is 253 Å². The maximum atomic E-state index is 14.7. The van der Waals surface area contributed by atoms with Crippen LogP contribution in [0.3, 0.4) is 0 Å². The summed E-state index contributed by atoms with van der Waals surface area (Å²) in [6.07, 6.45) is 8.43. The topological polar surface area (TPSA) is 140 Å². The predicted molar refractivity (Wildman–Crippen MR) is 171 cm³/mol. The van der Waals surface area contributed by atoms with Crippen LogP contribution in [0.15, 0.2) is 61.3 Å². The number of aromatic nitrogens is 7. The van der Waals surface area contributed by atoms with Crippen molar-refractivity contribution in [2.45, 2.75) is 20.8 Å². The van der Waals surface area contributed by atoms with Crippen LogP contribution in [0.4, 0.5) is 15.8 Å². The number of aromatic amines is 2. The number of hydrogen-bond acceptors (Lipinski definition) is 8. The molecule has 0 aliphatic carbocycles. The zero-order chi connectivity index (χ0) is 31.0. The van der Waals surface area contributed by atoms with Crippen molar-refractivity contribution in [2.75, 3.05) is 37.8 Å². The molecule has 5 aromatic heterocycles. The smallest absolute Gasteiger partial charge is 0.229 e. The van der Waals surface area contributed by atoms with Crippen LogP contribution in [0.5, 0.6) is 0 Å². The Hall–Kier alpha value is -5.23. The lowest BCUT2D eigenvalue weighted by atomic mass is 9.95. The Bertz CT molecular complexity index is 1990. The van der Waals surface area contributed by atoms with E-state index in [2.05, 4.69) is 45.7 Å². The number of imidazole rings is 1. The van der Waals surface area contributed by atoms with Gasteiger partial charge in [0.1, 0.15) is 11.5 Å². The number of nitrogens with zero attached hydrogens (tertiary/aromatic N) is 6. The number of H-pyrrole nitrogens is 2. The lowest BCUT2D eigenvalue weighted by molar-refractivity contribution is -0.123. The quantitative estimate of drug-likeness (QED) is 0.176. The maximum Gasteiger partial charge on any atom is 0.229 e. The number of rotatable bonds is 8. The van der Waals surface area contributed by atoms with Crippen LogP contribution in [-0.2, 0) is 4.79 Å². The van der Waals surface area contributed by atoms with Crippen LogP contribution in [0.25, 0.3) is 55.8 Å². The minimum absolute atomic E-state index is 0.101. The number of nitrogens with one attached hydrogen (secondary N) is 4. The SMILES string of the molecule is CN(C)CCNc1cc(F)cc(-c2cncc3[nH]c(-c4[nH]nc5ncc(-c6cncc(NC(=O)C(C)(C)C)c6)cc45)nc23)c1. The monoisotopic (exact) mass is 592 g/mol. The standard InChI is InChI=1S/C32H33FN10O/c1-32(2,3)31(44)38-23-10-19(13-34-15-23)20-11-24-28(41-42-29(24)37-14-20)30-39-26-17-35-16-25(27(26)40-30)18-8-21(33)12-22(9-18)36-6-7-43(4)5/h8-17,36H,6-7H2,1-5H3,(H,38,44)(H,39,40)(H,37,41,42). The first-order valence-corrected chi connectivity index (χ1v) is 14.2. The molecule has 6 aromatic rings. The largest absolute Gasteiger partial charge is 0.384 e. The van der Waals surface area contributed by atoms with Crippen molar-refractivity contribution < 1.29 is 9.18 Å². The van der Waals surface area contributed by atoms with Crippen molar-refractivity contribution in [2.24, 2.45) is 5.41 Å². The van der Waals surface area contributed by atoms with Crippen molar-refractivity contribution >= 4 is 39.3 Å². The van der Waals surface area contributed by atoms with Gasteiger partial charge in [-0.25, -0.2) is 14.4 Å². The first kappa shape index (κ1) is 28.9. The number of amides is 1. The highest BCUT2D eigenvalue weighted by Crippen LogP contribution is 2.33. The summed E-state index contributed by atoms with van der Waals surface area (Å²) in [4.78, 5) is 36.1. The van der Waals surface area contributed by atoms with Gasteiger partial charge < -0.3 is 20.5 Å². The van der Waals surface area contributed by atoms with Crippen LogP contribution < -0.4 is 10.6 Å². The molecule has 44 heavy (non-hydrogen) atoms. The summed E-state index contributed by atoms with van der Waals surface area (Å²) in [7, 11) is 3.98. The van der Waals surface area contributed by atoms with E-state index in [0.717, 1.165) is 23.1 Å². The highest BCUT2D eigenvalue weighted by molar-refractivity contribution is 5.98. The fraction of sp³-hybridized carbons (Fsp3) is 0.250. The fourth-order valence-electron chi connectivity index (χ4n) is 4.76. The zero-order valence-corrected chi connectivity index (χ0v) is 25.2. The van der Waals surface area contributed by atoms with Crippen LogP contribution in [0.2, 0.25) is 0 Å². The lowest BCUT2D eigenvalue weighted by Crippen LogP contribution is -2.27. The van der Waals surface area contributed by atoms with Crippen molar-refractivity contribution in [3.8, 4) is 33.8 Å². The summed E-state index contributed by atoms with van der Waals surface area (Å²) in [5.41, 5.74) is 6.20. The fourth-order valence-corrected chi connectivity index (χ4v) is 4.76. The minimum Gasteiger partial charge on any atom is -0.384 e. The maximum absolute atomic E-state index is 14.7. The Morgan fingerprint density at radius 1 is 0.932 bits per heavy atom. The van der Waals surface area contributed by atoms with Gasteiger partial charge in [0.25, 0.3) is 0 Å². The lowest BCUT2D eigenvalue weighted by Gasteiger charge is -2.17. The summed E-state index contributed by atoms with van der Waals surface area (Å²) >= 11 is 0. The number of likely N-dealkylation sites (N-methyl/N-ethyl adjacent to an activating group) is 1. The summed E-state index contributed by atoms with van der Waals surface area (Å²) in [5, 5.41) is 14.4. The minimum atomic E-state index is -0.538. The first-order chi connectivity index (χ1) is 21.0. The van der Waals surface area contributed by atoms with Gasteiger partial charge in [-0.1, -0.05) is 20.8 Å². The van der Waals surface area contributed by atoms with E-state index >= 15 is 0 Å². The number of pyridine rings is 3. The first-order valence-electron chi connectivity index (χ1n) is 14.2. The van der Waals surface area contributed by atoms with Gasteiger partial charge in [-0.05, 0) is 50.0 Å². The molecule has 0 saturated heterocycles. The summed E-state index contributed by atoms with van der Waals surface area (Å²) in [6, 6.07) is 8.68. The number of benzene rings is 1. The van der Waals surface area contributed by atoms with Crippen LogP contribution >= 0.6 is 0 Å². The molecule has 0 unspecified atom stereocenters. The van der Waals surface area contributed by atoms with E-state index in [0.29, 0.717) is 57.2 Å². The number of fused-ring (bicyclic) bond motifs is 2. The third-order valence-corrected chi connectivity index (χ3v) is 7.15. The van der Waals surface area contributed by atoms with E-state index in [9.17, 15) is 9.18 Å². The molecular formula is C32H33FN10O. The molecule has 0 aliphatic rings. The number of anilines is 2. The van der Waals surface area contributed by atoms with Gasteiger partial charge in [-0.2, -0.15) is 5.10 Å². The number of halogens is 1. The van der Waals surface area contributed by atoms with Crippen LogP contribution in [0, 0.1) is 11.2 Å². The zero-order valence-electron chi connectivity index (χ0n) is 25.2. The normalized spacial score (nSPS) is 11.9. The molecule has 1 aromatic carbocycles. The van der Waals surface area contributed by atoms with Gasteiger partial charge in [0.15, 0.2) is 11.5 Å². The molecule has 0 bridgehead atoms. The molecule has 6 rings (SSSR count). The van der Waals surface area contributed by atoms with Gasteiger partial charge in [0.05, 0.1) is 34.5 Å². The number of carbonyl (C=O) groups excluding carboxylic acids is 1. The van der Waals surface area contributed by atoms with E-state index in [1.165, 1.54) is 12.1 Å². The molecule has 224 valence electrons. The Morgan fingerprint density at radius 2 is 1.70 bits per heavy atom. The van der Waals surface area contributed by atoms with Crippen LogP contribution in [0.1, 0.15) is 20.8 Å². The van der Waals surface area contributed by atoms with Gasteiger partial charge in [-0.15, -0.1) is 0 Å². The predicted octanol–water partition coefficient (Wildman–Crippen LogP) is 5.72. The third-order valence-electron chi connectivity index (χ3n) is 7.15. The van der Waals surface area contributed by atoms with Crippen molar-refractivity contribution in [1.29, 1.82) is 0 Å². The average Bonchev–Trinajstić information content (AvgIpc) is 3.60. The molecule has 0 atom stereocenters. The molecule has 0 radical (unpaired) electrons. The molecule has 0 saturated carbocycles. The van der Waals surface area contributed by atoms with Crippen molar-refractivity contribution in [1.82, 2.24) is 40.0 Å². The summed E-state index contributed by atoms with van der Waals surface area (Å²) in [6.45, 7) is 7.06. The van der Waals surface area contributed by atoms with E-state index in [4.69, 9.17) is 4.98 Å². The van der Waals surface area contributed by atoms with Crippen molar-refractivity contribution in [3.05, 3.63) is 67.1 Å². The van der Waals surface area contributed by atoms with Gasteiger partial charge in [-0.3, -0.25) is 19.9 Å². The number of carbonyl (C=O) groups is 1. The molecule has 12 heteroatoms. The third kappa shape index (κ3) is 5.97. The highest BCUT2D eigenvalue weighted by Gasteiger charge is 2.22. The second-order valence-electron chi connectivity index (χ2n) is 12.0. The van der Waals surface area contributed by atoms with E-state index in [1.807, 2.05) is 53.1 Å². The van der Waals surface area contributed by atoms with Gasteiger partial charge in [0.2, 0.25) is 5.91 Å². The van der Waals surface area contributed by atoms with Gasteiger partial charge in [0, 0.05) is 59.5 Å². The Balaban J connectivity index is 1.35. The molecule has 0 spiro atoms. The molecule has 11 nitrogen and oxygen atoms in total. The number of hydrogen-bond donors (Lipinski definition) is 4. The second kappa shape index (κ2) is 11.5. The van der Waals surface area contributed by atoms with Crippen molar-refractivity contribution in [3.63, 3.8) is 0 Å². The molecule has 5 heterocycles. The summed E-state index contributed by atoms with van der Waals surface area (Å²) in [5.74, 6) is 0.0917. The van der Waals surface area contributed by atoms with E-state index in [1.54, 1.807) is 31.0 Å². The van der Waals surface area contributed by atoms with E-state index < -0.39 is 5.41 Å². The average molecular weight is 593 g/mol. The van der Waals surface area contributed by atoms with Gasteiger partial charge >= 0.3 is 0 Å². The van der Waals surface area contributed by atoms with E-state index in [-0.39, 0.29) is 11.7 Å². The Kier molecular flexibility index (Phi) is 7.52. The molecule has 0 aliphatic heterocycles. The molecule has 1 amide bonds. The van der Waals surface area contributed by atoms with Crippen LogP contribution in [-0.4, -0.2) is 73.1 Å². The molecule has 4 N–H and O–H groups in total. The Morgan fingerprint density at radius 3 is 2.50 bits per heavy atom.